The molecular formula is C13H21Br3N2. The summed E-state index contributed by atoms with van der Waals surface area (Å²) in [6.07, 6.45) is 3.46. The molecule has 18 heavy (non-hydrogen) atoms. The van der Waals surface area contributed by atoms with E-state index >= 15 is 0 Å². The van der Waals surface area contributed by atoms with Crippen LogP contribution >= 0.6 is 47.8 Å². The zero-order valence-electron chi connectivity index (χ0n) is 11.3. The second-order valence-electron chi connectivity index (χ2n) is 4.86. The number of halogens is 3. The summed E-state index contributed by atoms with van der Waals surface area (Å²) in [5.74, 6) is 0. The van der Waals surface area contributed by atoms with E-state index in [1.807, 2.05) is 0 Å². The molecule has 0 aromatic carbocycles. The first-order valence-electron chi connectivity index (χ1n) is 6.37. The van der Waals surface area contributed by atoms with Crippen molar-refractivity contribution in [1.29, 1.82) is 0 Å². The summed E-state index contributed by atoms with van der Waals surface area (Å²) in [6, 6.07) is 0. The molecule has 1 rings (SSSR count). The van der Waals surface area contributed by atoms with Gasteiger partial charge >= 0.3 is 0 Å². The van der Waals surface area contributed by atoms with Crippen LogP contribution in [0.3, 0.4) is 0 Å². The molecular weight excluding hydrogens is 424 g/mol. The first-order valence-corrected chi connectivity index (χ1v) is 9.40. The molecule has 0 unspecified atom stereocenters. The molecule has 5 heteroatoms. The van der Waals surface area contributed by atoms with Crippen LogP contribution in [0.2, 0.25) is 0 Å². The summed E-state index contributed by atoms with van der Waals surface area (Å²) in [6.45, 7) is 7.38. The molecule has 0 radical (unpaired) electrons. The highest BCUT2D eigenvalue weighted by atomic mass is 79.9. The van der Waals surface area contributed by atoms with Crippen molar-refractivity contribution in [1.82, 2.24) is 9.78 Å². The third-order valence-corrected chi connectivity index (χ3v) is 6.75. The monoisotopic (exact) mass is 442 g/mol. The van der Waals surface area contributed by atoms with Gasteiger partial charge in [0.25, 0.3) is 0 Å². The molecule has 0 atom stereocenters. The van der Waals surface area contributed by atoms with Crippen LogP contribution in [0.1, 0.15) is 38.1 Å². The van der Waals surface area contributed by atoms with E-state index in [0.29, 0.717) is 0 Å². The zero-order chi connectivity index (χ0) is 13.8. The lowest BCUT2D eigenvalue weighted by Gasteiger charge is -2.30. The lowest BCUT2D eigenvalue weighted by Crippen LogP contribution is -2.29. The summed E-state index contributed by atoms with van der Waals surface area (Å²) >= 11 is 11.1. The van der Waals surface area contributed by atoms with Crippen LogP contribution in [-0.2, 0) is 13.0 Å². The van der Waals surface area contributed by atoms with Gasteiger partial charge in [-0.3, -0.25) is 4.68 Å². The minimum absolute atomic E-state index is 0.274. The van der Waals surface area contributed by atoms with Crippen LogP contribution in [0.4, 0.5) is 0 Å². The van der Waals surface area contributed by atoms with E-state index in [1.54, 1.807) is 0 Å². The third kappa shape index (κ3) is 3.60. The maximum absolute atomic E-state index is 4.58. The Morgan fingerprint density at radius 3 is 2.28 bits per heavy atom. The summed E-state index contributed by atoms with van der Waals surface area (Å²) < 4.78 is 3.29. The van der Waals surface area contributed by atoms with Crippen molar-refractivity contribution in [2.75, 3.05) is 10.7 Å². The predicted octanol–water partition coefficient (Wildman–Crippen LogP) is 5.09. The van der Waals surface area contributed by atoms with Crippen LogP contribution < -0.4 is 0 Å². The Bertz CT molecular complexity index is 384. The normalized spacial score (nSPS) is 12.1. The van der Waals surface area contributed by atoms with Crippen LogP contribution in [0.15, 0.2) is 4.47 Å². The van der Waals surface area contributed by atoms with Crippen molar-refractivity contribution in [3.05, 3.63) is 15.9 Å². The van der Waals surface area contributed by atoms with Gasteiger partial charge in [0, 0.05) is 17.2 Å². The molecule has 0 aliphatic heterocycles. The molecule has 0 spiro atoms. The highest BCUT2D eigenvalue weighted by molar-refractivity contribution is 9.10. The Kier molecular flexibility index (Phi) is 6.90. The lowest BCUT2D eigenvalue weighted by molar-refractivity contribution is 0.340. The summed E-state index contributed by atoms with van der Waals surface area (Å²) in [7, 11) is 0. The van der Waals surface area contributed by atoms with E-state index in [2.05, 4.69) is 78.3 Å². The average molecular weight is 445 g/mol. The quantitative estimate of drug-likeness (QED) is 0.535. The predicted molar refractivity (Wildman–Crippen MR) is 89.0 cm³/mol. The van der Waals surface area contributed by atoms with Crippen molar-refractivity contribution in [3.8, 4) is 0 Å². The van der Waals surface area contributed by atoms with Gasteiger partial charge in [-0.2, -0.15) is 5.10 Å². The molecule has 0 fully saturated rings. The fraction of sp³-hybridized carbons (Fsp3) is 0.769. The Morgan fingerprint density at radius 1 is 1.22 bits per heavy atom. The van der Waals surface area contributed by atoms with Crippen LogP contribution in [0.25, 0.3) is 0 Å². The van der Waals surface area contributed by atoms with Gasteiger partial charge in [-0.1, -0.05) is 45.2 Å². The van der Waals surface area contributed by atoms with E-state index in [9.17, 15) is 0 Å². The second kappa shape index (κ2) is 7.44. The Labute approximate surface area is 135 Å². The summed E-state index contributed by atoms with van der Waals surface area (Å²) in [5.41, 5.74) is 2.68. The van der Waals surface area contributed by atoms with Crippen LogP contribution in [0, 0.1) is 12.3 Å². The molecule has 0 amide bonds. The van der Waals surface area contributed by atoms with Crippen molar-refractivity contribution >= 4 is 47.8 Å². The van der Waals surface area contributed by atoms with Gasteiger partial charge in [-0.15, -0.1) is 0 Å². The van der Waals surface area contributed by atoms with E-state index in [4.69, 9.17) is 0 Å². The van der Waals surface area contributed by atoms with Gasteiger partial charge < -0.3 is 0 Å². The average Bonchev–Trinajstić information content (AvgIpc) is 2.65. The van der Waals surface area contributed by atoms with Crippen molar-refractivity contribution in [2.45, 2.75) is 46.6 Å². The minimum Gasteiger partial charge on any atom is -0.268 e. The molecule has 0 saturated carbocycles. The van der Waals surface area contributed by atoms with Crippen molar-refractivity contribution < 1.29 is 0 Å². The SMILES string of the molecule is CCCC(CBr)(CBr)Cc1c(Br)c(C)nn1CC. The van der Waals surface area contributed by atoms with Crippen LogP contribution in [-0.4, -0.2) is 20.4 Å². The molecule has 0 aliphatic carbocycles. The Morgan fingerprint density at radius 2 is 1.83 bits per heavy atom. The topological polar surface area (TPSA) is 17.8 Å². The van der Waals surface area contributed by atoms with Gasteiger partial charge in [0.1, 0.15) is 0 Å². The number of alkyl halides is 2. The van der Waals surface area contributed by atoms with Gasteiger partial charge in [0.2, 0.25) is 0 Å². The maximum Gasteiger partial charge on any atom is 0.0738 e. The van der Waals surface area contributed by atoms with Gasteiger partial charge in [-0.05, 0) is 48.0 Å². The first-order chi connectivity index (χ1) is 8.53. The summed E-state index contributed by atoms with van der Waals surface area (Å²) in [5, 5.41) is 6.61. The first kappa shape index (κ1) is 16.7. The largest absolute Gasteiger partial charge is 0.268 e. The van der Waals surface area contributed by atoms with Gasteiger partial charge in [0.15, 0.2) is 0 Å². The standard InChI is InChI=1S/C13H21Br3N2/c1-4-6-13(8-14,9-15)7-11-12(16)10(3)17-18(11)5-2/h4-9H2,1-3H3. The fourth-order valence-electron chi connectivity index (χ4n) is 2.28. The molecule has 1 aromatic rings. The number of nitrogens with zero attached hydrogens (tertiary/aromatic N) is 2. The number of aryl methyl sites for hydroxylation is 2. The zero-order valence-corrected chi connectivity index (χ0v) is 16.0. The van der Waals surface area contributed by atoms with E-state index in [0.717, 1.165) is 29.3 Å². The van der Waals surface area contributed by atoms with Crippen molar-refractivity contribution in [3.63, 3.8) is 0 Å². The molecule has 1 aromatic heterocycles. The Hall–Kier alpha value is 0.650. The molecule has 104 valence electrons. The van der Waals surface area contributed by atoms with Crippen LogP contribution in [0.5, 0.6) is 0 Å². The number of aromatic nitrogens is 2. The van der Waals surface area contributed by atoms with E-state index in [-0.39, 0.29) is 5.41 Å². The summed E-state index contributed by atoms with van der Waals surface area (Å²) in [4.78, 5) is 0. The fourth-order valence-corrected chi connectivity index (χ4v) is 4.59. The third-order valence-electron chi connectivity index (χ3n) is 3.34. The second-order valence-corrected chi connectivity index (χ2v) is 6.77. The molecule has 0 bridgehead atoms. The number of hydrogen-bond donors (Lipinski definition) is 0. The smallest absolute Gasteiger partial charge is 0.0738 e. The Balaban J connectivity index is 3.07. The number of rotatable bonds is 7. The maximum atomic E-state index is 4.58. The lowest BCUT2D eigenvalue weighted by atomic mass is 9.83. The molecule has 1 heterocycles. The molecule has 0 saturated heterocycles. The van der Waals surface area contributed by atoms with Gasteiger partial charge in [-0.25, -0.2) is 0 Å². The molecule has 0 N–H and O–H groups in total. The number of hydrogen-bond acceptors (Lipinski definition) is 1. The van der Waals surface area contributed by atoms with Gasteiger partial charge in [0.05, 0.1) is 15.9 Å². The molecule has 2 nitrogen and oxygen atoms in total. The highest BCUT2D eigenvalue weighted by Crippen LogP contribution is 2.36. The van der Waals surface area contributed by atoms with E-state index < -0.39 is 0 Å². The van der Waals surface area contributed by atoms with E-state index in [1.165, 1.54) is 23.0 Å². The van der Waals surface area contributed by atoms with Crippen molar-refractivity contribution in [2.24, 2.45) is 5.41 Å². The minimum atomic E-state index is 0.274. The highest BCUT2D eigenvalue weighted by Gasteiger charge is 2.30. The molecule has 0 aliphatic rings.